The molecule has 21 heavy (non-hydrogen) atoms. The lowest BCUT2D eigenvalue weighted by Crippen LogP contribution is -2.26. The highest BCUT2D eigenvalue weighted by Crippen LogP contribution is 2.27. The number of hydrogen-bond donors (Lipinski definition) is 2. The third-order valence-electron chi connectivity index (χ3n) is 3.85. The van der Waals surface area contributed by atoms with Crippen LogP contribution in [0.5, 0.6) is 0 Å². The predicted octanol–water partition coefficient (Wildman–Crippen LogP) is 3.92. The number of nitrogens with one attached hydrogen (secondary N) is 2. The molecule has 1 fully saturated rings. The van der Waals surface area contributed by atoms with Crippen LogP contribution in [-0.2, 0) is 4.79 Å². The van der Waals surface area contributed by atoms with Crippen LogP contribution in [-0.4, -0.2) is 11.9 Å². The zero-order chi connectivity index (χ0) is 15.1. The zero-order valence-corrected chi connectivity index (χ0v) is 12.6. The Hall–Kier alpha value is -2.02. The number of anilines is 2. The van der Waals surface area contributed by atoms with E-state index in [2.05, 4.69) is 16.7 Å². The largest absolute Gasteiger partial charge is 0.382 e. The first kappa shape index (κ1) is 15.4. The Bertz CT molecular complexity index is 521. The minimum Gasteiger partial charge on any atom is -0.382 e. The highest BCUT2D eigenvalue weighted by Gasteiger charge is 2.21. The number of rotatable bonds is 5. The Morgan fingerprint density at radius 3 is 2.95 bits per heavy atom. The van der Waals surface area contributed by atoms with Crippen LogP contribution < -0.4 is 10.6 Å². The third kappa shape index (κ3) is 4.78. The Kier molecular flexibility index (Phi) is 5.62. The van der Waals surface area contributed by atoms with Crippen LogP contribution in [0.15, 0.2) is 24.3 Å². The van der Waals surface area contributed by atoms with Crippen molar-refractivity contribution in [2.75, 3.05) is 10.6 Å². The van der Waals surface area contributed by atoms with Crippen molar-refractivity contribution < 1.29 is 4.79 Å². The molecule has 0 heterocycles. The van der Waals surface area contributed by atoms with E-state index in [-0.39, 0.29) is 11.8 Å². The molecular formula is C17H23N3O. The summed E-state index contributed by atoms with van der Waals surface area (Å²) in [7, 11) is 0. The van der Waals surface area contributed by atoms with Crippen LogP contribution in [0, 0.1) is 17.2 Å². The van der Waals surface area contributed by atoms with Gasteiger partial charge < -0.3 is 10.6 Å². The van der Waals surface area contributed by atoms with Gasteiger partial charge in [-0.15, -0.1) is 0 Å². The quantitative estimate of drug-likeness (QED) is 0.861. The molecule has 1 aromatic carbocycles. The Morgan fingerprint density at radius 1 is 1.38 bits per heavy atom. The summed E-state index contributed by atoms with van der Waals surface area (Å²) in [5.41, 5.74) is 1.83. The predicted molar refractivity (Wildman–Crippen MR) is 85.0 cm³/mol. The van der Waals surface area contributed by atoms with Gasteiger partial charge in [0.05, 0.1) is 6.07 Å². The van der Waals surface area contributed by atoms with Gasteiger partial charge in [0.15, 0.2) is 0 Å². The normalized spacial score (nSPS) is 21.3. The number of benzene rings is 1. The molecule has 4 heteroatoms. The minimum absolute atomic E-state index is 0.0526. The number of hydrogen-bond acceptors (Lipinski definition) is 3. The number of carbonyl (C=O) groups is 1. The summed E-state index contributed by atoms with van der Waals surface area (Å²) in [6.45, 7) is 1.99. The van der Waals surface area contributed by atoms with Crippen molar-refractivity contribution in [3.05, 3.63) is 24.3 Å². The lowest BCUT2D eigenvalue weighted by molar-refractivity contribution is -0.116. The molecule has 0 radical (unpaired) electrons. The molecule has 0 saturated heterocycles. The minimum atomic E-state index is 0.0526. The molecule has 0 bridgehead atoms. The van der Waals surface area contributed by atoms with Gasteiger partial charge in [0.2, 0.25) is 5.91 Å². The third-order valence-corrected chi connectivity index (χ3v) is 3.85. The molecule has 1 saturated carbocycles. The molecular weight excluding hydrogens is 262 g/mol. The second-order valence-corrected chi connectivity index (χ2v) is 5.71. The van der Waals surface area contributed by atoms with Gasteiger partial charge in [0, 0.05) is 29.8 Å². The summed E-state index contributed by atoms with van der Waals surface area (Å²) in [6, 6.07) is 10.5. The molecule has 0 spiro atoms. The molecule has 2 atom stereocenters. The van der Waals surface area contributed by atoms with Crippen molar-refractivity contribution in [3.8, 4) is 6.07 Å². The fourth-order valence-electron chi connectivity index (χ4n) is 2.81. The van der Waals surface area contributed by atoms with Gasteiger partial charge in [-0.25, -0.2) is 0 Å². The Labute approximate surface area is 126 Å². The summed E-state index contributed by atoms with van der Waals surface area (Å²) in [5, 5.41) is 15.4. The zero-order valence-electron chi connectivity index (χ0n) is 12.6. The van der Waals surface area contributed by atoms with Gasteiger partial charge in [-0.05, 0) is 43.9 Å². The number of carbonyl (C=O) groups excluding carboxylic acids is 1. The van der Waals surface area contributed by atoms with Crippen molar-refractivity contribution >= 4 is 17.3 Å². The monoisotopic (exact) mass is 285 g/mol. The first-order valence-electron chi connectivity index (χ1n) is 7.77. The van der Waals surface area contributed by atoms with Crippen molar-refractivity contribution in [2.24, 2.45) is 5.92 Å². The van der Waals surface area contributed by atoms with E-state index in [1.165, 1.54) is 0 Å². The molecule has 0 aliphatic heterocycles. The smallest absolute Gasteiger partial charge is 0.224 e. The molecule has 2 N–H and O–H groups in total. The van der Waals surface area contributed by atoms with Gasteiger partial charge >= 0.3 is 0 Å². The topological polar surface area (TPSA) is 64.9 Å². The molecule has 2 rings (SSSR count). The molecule has 112 valence electrons. The maximum Gasteiger partial charge on any atom is 0.224 e. The van der Waals surface area contributed by atoms with Crippen LogP contribution in [0.25, 0.3) is 0 Å². The standard InChI is InChI=1S/C17H23N3O/c1-2-5-17(21)20-16-9-4-8-15(11-16)19-14-7-3-6-13(10-14)12-18/h4,8-9,11,13-14,19H,2-3,5-7,10H2,1H3,(H,20,21)/t13-,14-/m0/s1. The maximum atomic E-state index is 11.6. The Morgan fingerprint density at radius 2 is 2.19 bits per heavy atom. The van der Waals surface area contributed by atoms with E-state index in [4.69, 9.17) is 5.26 Å². The van der Waals surface area contributed by atoms with Gasteiger partial charge in [-0.1, -0.05) is 19.4 Å². The second kappa shape index (κ2) is 7.68. The van der Waals surface area contributed by atoms with Crippen molar-refractivity contribution in [1.82, 2.24) is 0 Å². The van der Waals surface area contributed by atoms with Crippen LogP contribution in [0.2, 0.25) is 0 Å². The first-order valence-corrected chi connectivity index (χ1v) is 7.77. The Balaban J connectivity index is 1.94. The van der Waals surface area contributed by atoms with E-state index < -0.39 is 0 Å². The summed E-state index contributed by atoms with van der Waals surface area (Å²) in [5.74, 6) is 0.223. The average molecular weight is 285 g/mol. The van der Waals surface area contributed by atoms with Crippen LogP contribution >= 0.6 is 0 Å². The van der Waals surface area contributed by atoms with Gasteiger partial charge in [0.25, 0.3) is 0 Å². The van der Waals surface area contributed by atoms with Gasteiger partial charge in [0.1, 0.15) is 0 Å². The summed E-state index contributed by atoms with van der Waals surface area (Å²) in [6.07, 6.45) is 5.52. The summed E-state index contributed by atoms with van der Waals surface area (Å²) < 4.78 is 0. The van der Waals surface area contributed by atoms with Gasteiger partial charge in [-0.2, -0.15) is 5.26 Å². The summed E-state index contributed by atoms with van der Waals surface area (Å²) >= 11 is 0. The van der Waals surface area contributed by atoms with E-state index >= 15 is 0 Å². The SMILES string of the molecule is CCCC(=O)Nc1cccc(N[C@H]2CCC[C@H](C#N)C2)c1. The van der Waals surface area contributed by atoms with Crippen molar-refractivity contribution in [2.45, 2.75) is 51.5 Å². The molecule has 1 aromatic rings. The number of amides is 1. The molecule has 0 unspecified atom stereocenters. The van der Waals surface area contributed by atoms with Crippen molar-refractivity contribution in [1.29, 1.82) is 5.26 Å². The van der Waals surface area contributed by atoms with Crippen LogP contribution in [0.1, 0.15) is 45.4 Å². The number of nitriles is 1. The lowest BCUT2D eigenvalue weighted by atomic mass is 9.86. The van der Waals surface area contributed by atoms with Crippen LogP contribution in [0.4, 0.5) is 11.4 Å². The molecule has 1 aliphatic rings. The molecule has 1 amide bonds. The van der Waals surface area contributed by atoms with Crippen molar-refractivity contribution in [3.63, 3.8) is 0 Å². The van der Waals surface area contributed by atoms with E-state index in [9.17, 15) is 4.79 Å². The molecule has 1 aliphatic carbocycles. The van der Waals surface area contributed by atoms with E-state index in [1.807, 2.05) is 31.2 Å². The lowest BCUT2D eigenvalue weighted by Gasteiger charge is -2.27. The number of nitrogens with zero attached hydrogens (tertiary/aromatic N) is 1. The highest BCUT2D eigenvalue weighted by molar-refractivity contribution is 5.91. The first-order chi connectivity index (χ1) is 10.2. The summed E-state index contributed by atoms with van der Waals surface area (Å²) in [4.78, 5) is 11.6. The van der Waals surface area contributed by atoms with E-state index in [0.717, 1.165) is 43.5 Å². The van der Waals surface area contributed by atoms with E-state index in [1.54, 1.807) is 0 Å². The fourth-order valence-corrected chi connectivity index (χ4v) is 2.81. The average Bonchev–Trinajstić information content (AvgIpc) is 2.48. The van der Waals surface area contributed by atoms with Gasteiger partial charge in [-0.3, -0.25) is 4.79 Å². The van der Waals surface area contributed by atoms with Crippen LogP contribution in [0.3, 0.4) is 0 Å². The highest BCUT2D eigenvalue weighted by atomic mass is 16.1. The second-order valence-electron chi connectivity index (χ2n) is 5.71. The fraction of sp³-hybridized carbons (Fsp3) is 0.529. The molecule has 0 aromatic heterocycles. The molecule has 4 nitrogen and oxygen atoms in total. The van der Waals surface area contributed by atoms with E-state index in [0.29, 0.717) is 12.5 Å². The maximum absolute atomic E-state index is 11.6.